The topological polar surface area (TPSA) is 58.6 Å². The van der Waals surface area contributed by atoms with Gasteiger partial charge in [0.15, 0.2) is 0 Å². The maximum Gasteiger partial charge on any atom is 0.407 e. The van der Waals surface area contributed by atoms with E-state index in [1.54, 1.807) is 0 Å². The van der Waals surface area contributed by atoms with Gasteiger partial charge >= 0.3 is 6.09 Å². The molecule has 0 spiro atoms. The van der Waals surface area contributed by atoms with Gasteiger partial charge in [-0.05, 0) is 38.0 Å². The zero-order chi connectivity index (χ0) is 20.9. The van der Waals surface area contributed by atoms with E-state index in [4.69, 9.17) is 4.74 Å². The van der Waals surface area contributed by atoms with Crippen LogP contribution in [0.4, 0.5) is 4.79 Å². The van der Waals surface area contributed by atoms with Crippen LogP contribution in [0.15, 0.2) is 12.2 Å². The van der Waals surface area contributed by atoms with E-state index in [1.165, 1.54) is 77.0 Å². The highest BCUT2D eigenvalue weighted by molar-refractivity contribution is 5.67. The van der Waals surface area contributed by atoms with E-state index in [9.17, 15) is 9.90 Å². The summed E-state index contributed by atoms with van der Waals surface area (Å²) in [6.07, 6.45) is 22.1. The summed E-state index contributed by atoms with van der Waals surface area (Å²) in [6, 6.07) is -0.229. The number of rotatable bonds is 19. The minimum absolute atomic E-state index is 0.0546. The normalized spacial score (nSPS) is 12.6. The fourth-order valence-electron chi connectivity index (χ4n) is 3.13. The quantitative estimate of drug-likeness (QED) is 0.187. The first-order valence-electron chi connectivity index (χ1n) is 11.8. The number of carbonyl (C=O) groups excluding carboxylic acids is 1. The zero-order valence-corrected chi connectivity index (χ0v) is 18.9. The van der Waals surface area contributed by atoms with Gasteiger partial charge in [0, 0.05) is 0 Å². The van der Waals surface area contributed by atoms with Crippen molar-refractivity contribution in [3.05, 3.63) is 12.2 Å². The highest BCUT2D eigenvalue weighted by atomic mass is 16.5. The van der Waals surface area contributed by atoms with Gasteiger partial charge in [0.25, 0.3) is 0 Å². The maximum atomic E-state index is 11.6. The second kappa shape index (κ2) is 20.7. The Bertz CT molecular complexity index is 369. The Morgan fingerprint density at radius 3 is 1.86 bits per heavy atom. The Morgan fingerprint density at radius 2 is 1.36 bits per heavy atom. The molecular formula is C24H47NO3. The van der Waals surface area contributed by atoms with Crippen LogP contribution in [0.3, 0.4) is 0 Å². The lowest BCUT2D eigenvalue weighted by molar-refractivity contribution is 0.127. The number of carbonyl (C=O) groups is 1. The van der Waals surface area contributed by atoms with Crippen molar-refractivity contribution in [3.8, 4) is 0 Å². The molecule has 0 heterocycles. The molecule has 166 valence electrons. The molecule has 0 aliphatic rings. The summed E-state index contributed by atoms with van der Waals surface area (Å²) in [5.41, 5.74) is 0. The van der Waals surface area contributed by atoms with Crippen molar-refractivity contribution in [2.45, 2.75) is 117 Å². The molecule has 0 bridgehead atoms. The highest BCUT2D eigenvalue weighted by Gasteiger charge is 2.15. The van der Waals surface area contributed by atoms with E-state index in [1.807, 2.05) is 13.8 Å². The molecule has 2 N–H and O–H groups in total. The smallest absolute Gasteiger partial charge is 0.407 e. The summed E-state index contributed by atoms with van der Waals surface area (Å²) < 4.78 is 5.17. The molecule has 28 heavy (non-hydrogen) atoms. The number of unbranched alkanes of at least 4 members (excludes halogenated alkanes) is 12. The van der Waals surface area contributed by atoms with Crippen molar-refractivity contribution in [2.24, 2.45) is 5.92 Å². The predicted octanol–water partition coefficient (Wildman–Crippen LogP) is 6.77. The Hall–Kier alpha value is -1.03. The number of amides is 1. The van der Waals surface area contributed by atoms with Crippen molar-refractivity contribution in [2.75, 3.05) is 13.2 Å². The third kappa shape index (κ3) is 18.3. The molecule has 4 heteroatoms. The van der Waals surface area contributed by atoms with Crippen LogP contribution in [-0.4, -0.2) is 30.5 Å². The van der Waals surface area contributed by atoms with E-state index >= 15 is 0 Å². The van der Waals surface area contributed by atoms with Gasteiger partial charge in [0.1, 0.15) is 0 Å². The molecule has 0 aromatic carbocycles. The van der Waals surface area contributed by atoms with Crippen molar-refractivity contribution in [3.63, 3.8) is 0 Å². The number of ether oxygens (including phenoxy) is 1. The van der Waals surface area contributed by atoms with Gasteiger partial charge in [-0.2, -0.15) is 0 Å². The molecule has 0 saturated heterocycles. The minimum atomic E-state index is -0.416. The monoisotopic (exact) mass is 397 g/mol. The average molecular weight is 398 g/mol. The van der Waals surface area contributed by atoms with Crippen molar-refractivity contribution < 1.29 is 14.6 Å². The van der Waals surface area contributed by atoms with Crippen LogP contribution in [-0.2, 0) is 4.74 Å². The van der Waals surface area contributed by atoms with Gasteiger partial charge in [0.05, 0.1) is 19.3 Å². The largest absolute Gasteiger partial charge is 0.450 e. The summed E-state index contributed by atoms with van der Waals surface area (Å²) >= 11 is 0. The van der Waals surface area contributed by atoms with Gasteiger partial charge < -0.3 is 15.2 Å². The molecule has 0 aromatic rings. The van der Waals surface area contributed by atoms with E-state index in [-0.39, 0.29) is 18.6 Å². The lowest BCUT2D eigenvalue weighted by Crippen LogP contribution is -2.41. The molecule has 0 fully saturated rings. The van der Waals surface area contributed by atoms with Crippen LogP contribution >= 0.6 is 0 Å². The Kier molecular flexibility index (Phi) is 19.9. The van der Waals surface area contributed by atoms with Gasteiger partial charge in [-0.1, -0.05) is 90.7 Å². The third-order valence-corrected chi connectivity index (χ3v) is 5.19. The fraction of sp³-hybridized carbons (Fsp3) is 0.875. The van der Waals surface area contributed by atoms with Crippen LogP contribution in [0, 0.1) is 5.92 Å². The summed E-state index contributed by atoms with van der Waals surface area (Å²) in [5, 5.41) is 11.9. The third-order valence-electron chi connectivity index (χ3n) is 5.19. The molecule has 0 aliphatic carbocycles. The molecule has 1 amide bonds. The number of nitrogens with one attached hydrogen (secondary N) is 1. The van der Waals surface area contributed by atoms with E-state index < -0.39 is 6.09 Å². The molecule has 0 aromatic heterocycles. The maximum absolute atomic E-state index is 11.6. The Labute approximate surface area is 174 Å². The van der Waals surface area contributed by atoms with E-state index in [0.29, 0.717) is 6.61 Å². The molecular weight excluding hydrogens is 350 g/mol. The van der Waals surface area contributed by atoms with E-state index in [0.717, 1.165) is 12.8 Å². The molecule has 1 atom stereocenters. The molecule has 0 rings (SSSR count). The number of aliphatic hydroxyl groups excluding tert-OH is 1. The molecule has 0 aliphatic heterocycles. The molecule has 0 radical (unpaired) electrons. The fourth-order valence-corrected chi connectivity index (χ4v) is 3.13. The number of alkyl carbamates (subject to hydrolysis) is 1. The number of hydrogen-bond acceptors (Lipinski definition) is 3. The first-order valence-corrected chi connectivity index (χ1v) is 11.8. The second-order valence-corrected chi connectivity index (χ2v) is 8.25. The standard InChI is InChI=1S/C24H47NO3/c1-4-5-6-7-8-9-10-11-12-13-14-15-16-17-18-19-20-28-24(27)25-23(21-26)22(2)3/h11-12,22-23,26H,4-10,13-21H2,1-3H3,(H,25,27)/t23-/m0/s1. The minimum Gasteiger partial charge on any atom is -0.450 e. The van der Waals surface area contributed by atoms with Gasteiger partial charge in [-0.15, -0.1) is 0 Å². The lowest BCUT2D eigenvalue weighted by Gasteiger charge is -2.19. The van der Waals surface area contributed by atoms with Crippen LogP contribution in [0.25, 0.3) is 0 Å². The SMILES string of the molecule is CCCCCCCCC=CCCCCCCCCOC(=O)N[C@@H](CO)C(C)C. The Balaban J connectivity index is 3.31. The predicted molar refractivity (Wildman–Crippen MR) is 120 cm³/mol. The first-order chi connectivity index (χ1) is 13.6. The van der Waals surface area contributed by atoms with Crippen LogP contribution < -0.4 is 5.32 Å². The number of allylic oxidation sites excluding steroid dienone is 2. The van der Waals surface area contributed by atoms with Gasteiger partial charge in [-0.25, -0.2) is 4.79 Å². The number of aliphatic hydroxyl groups is 1. The lowest BCUT2D eigenvalue weighted by atomic mass is 10.1. The molecule has 0 saturated carbocycles. The Morgan fingerprint density at radius 1 is 0.857 bits per heavy atom. The molecule has 0 unspecified atom stereocenters. The average Bonchev–Trinajstić information content (AvgIpc) is 2.68. The summed E-state index contributed by atoms with van der Waals surface area (Å²) in [4.78, 5) is 11.6. The van der Waals surface area contributed by atoms with Crippen molar-refractivity contribution in [1.82, 2.24) is 5.32 Å². The van der Waals surface area contributed by atoms with Crippen molar-refractivity contribution in [1.29, 1.82) is 0 Å². The first kappa shape index (κ1) is 27.0. The molecule has 4 nitrogen and oxygen atoms in total. The summed E-state index contributed by atoms with van der Waals surface area (Å²) in [7, 11) is 0. The summed E-state index contributed by atoms with van der Waals surface area (Å²) in [6.45, 7) is 6.60. The van der Waals surface area contributed by atoms with E-state index in [2.05, 4.69) is 24.4 Å². The van der Waals surface area contributed by atoms with Crippen molar-refractivity contribution >= 4 is 6.09 Å². The second-order valence-electron chi connectivity index (χ2n) is 8.25. The summed E-state index contributed by atoms with van der Waals surface area (Å²) in [5.74, 6) is 0.197. The number of hydrogen-bond donors (Lipinski definition) is 2. The van der Waals surface area contributed by atoms with Crippen LogP contribution in [0.5, 0.6) is 0 Å². The van der Waals surface area contributed by atoms with Crippen LogP contribution in [0.1, 0.15) is 111 Å². The highest BCUT2D eigenvalue weighted by Crippen LogP contribution is 2.10. The van der Waals surface area contributed by atoms with Crippen LogP contribution in [0.2, 0.25) is 0 Å². The van der Waals surface area contributed by atoms with Gasteiger partial charge in [-0.3, -0.25) is 0 Å². The zero-order valence-electron chi connectivity index (χ0n) is 18.9. The van der Waals surface area contributed by atoms with Gasteiger partial charge in [0.2, 0.25) is 0 Å².